The SMILES string of the molecule is C=CC(C)c1cccc(NC(=O)C2CCN(c3ccc(-c4cc(OCC)cn5ncc(C#N)c45)cn3)CC2)c1. The van der Waals surface area contributed by atoms with E-state index in [1.54, 1.807) is 16.9 Å². The summed E-state index contributed by atoms with van der Waals surface area (Å²) >= 11 is 0. The molecule has 1 atom stereocenters. The summed E-state index contributed by atoms with van der Waals surface area (Å²) in [6, 6.07) is 16.1. The fourth-order valence-corrected chi connectivity index (χ4v) is 5.03. The number of rotatable bonds is 8. The Kier molecular flexibility index (Phi) is 7.60. The van der Waals surface area contributed by atoms with Gasteiger partial charge in [0.25, 0.3) is 0 Å². The van der Waals surface area contributed by atoms with Gasteiger partial charge in [-0.1, -0.05) is 25.1 Å². The molecule has 1 unspecified atom stereocenters. The van der Waals surface area contributed by atoms with Crippen molar-refractivity contribution in [3.05, 3.63) is 84.8 Å². The number of benzene rings is 1. The first-order valence-electron chi connectivity index (χ1n) is 13.3. The summed E-state index contributed by atoms with van der Waals surface area (Å²) in [4.78, 5) is 19.9. The van der Waals surface area contributed by atoms with Gasteiger partial charge in [0, 0.05) is 42.0 Å². The number of carbonyl (C=O) groups excluding carboxylic acids is 1. The molecule has 0 aliphatic carbocycles. The molecule has 1 amide bonds. The van der Waals surface area contributed by atoms with Gasteiger partial charge in [-0.3, -0.25) is 4.79 Å². The fourth-order valence-electron chi connectivity index (χ4n) is 5.03. The molecule has 4 aromatic rings. The number of nitriles is 1. The van der Waals surface area contributed by atoms with Gasteiger partial charge >= 0.3 is 0 Å². The van der Waals surface area contributed by atoms with Crippen LogP contribution in [0.1, 0.15) is 43.7 Å². The minimum absolute atomic E-state index is 0.0399. The van der Waals surface area contributed by atoms with Crippen LogP contribution in [0, 0.1) is 17.2 Å². The second-order valence-corrected chi connectivity index (χ2v) is 9.79. The van der Waals surface area contributed by atoms with E-state index in [2.05, 4.69) is 41.0 Å². The Morgan fingerprint density at radius 1 is 1.26 bits per heavy atom. The summed E-state index contributed by atoms with van der Waals surface area (Å²) in [5, 5.41) is 17.0. The summed E-state index contributed by atoms with van der Waals surface area (Å²) in [5.74, 6) is 1.81. The van der Waals surface area contributed by atoms with Gasteiger partial charge in [0.05, 0.1) is 30.1 Å². The Labute approximate surface area is 228 Å². The molecule has 1 fully saturated rings. The Morgan fingerprint density at radius 3 is 2.77 bits per heavy atom. The number of amides is 1. The van der Waals surface area contributed by atoms with Crippen LogP contribution in [0.5, 0.6) is 5.75 Å². The largest absolute Gasteiger partial charge is 0.492 e. The van der Waals surface area contributed by atoms with Crippen molar-refractivity contribution in [2.75, 3.05) is 29.9 Å². The van der Waals surface area contributed by atoms with Gasteiger partial charge in [0.1, 0.15) is 17.6 Å². The molecule has 8 heteroatoms. The van der Waals surface area contributed by atoms with Crippen LogP contribution in [0.2, 0.25) is 0 Å². The monoisotopic (exact) mass is 520 g/mol. The van der Waals surface area contributed by atoms with Crippen LogP contribution in [0.15, 0.2) is 73.7 Å². The lowest BCUT2D eigenvalue weighted by Gasteiger charge is -2.32. The summed E-state index contributed by atoms with van der Waals surface area (Å²) in [6.45, 7) is 9.92. The van der Waals surface area contributed by atoms with E-state index in [9.17, 15) is 10.1 Å². The van der Waals surface area contributed by atoms with Gasteiger partial charge in [-0.15, -0.1) is 6.58 Å². The normalized spacial score (nSPS) is 14.5. The number of fused-ring (bicyclic) bond motifs is 1. The molecule has 0 spiro atoms. The van der Waals surface area contributed by atoms with Gasteiger partial charge in [0.15, 0.2) is 0 Å². The third kappa shape index (κ3) is 5.48. The van der Waals surface area contributed by atoms with Gasteiger partial charge in [-0.2, -0.15) is 10.4 Å². The first kappa shape index (κ1) is 26.0. The number of hydrogen-bond donors (Lipinski definition) is 1. The van der Waals surface area contributed by atoms with Crippen molar-refractivity contribution in [1.82, 2.24) is 14.6 Å². The van der Waals surface area contributed by atoms with Crippen molar-refractivity contribution in [1.29, 1.82) is 5.26 Å². The Balaban J connectivity index is 1.26. The average molecular weight is 521 g/mol. The molecule has 39 heavy (non-hydrogen) atoms. The van der Waals surface area contributed by atoms with Gasteiger partial charge in [-0.25, -0.2) is 9.50 Å². The predicted molar refractivity (Wildman–Crippen MR) is 153 cm³/mol. The van der Waals surface area contributed by atoms with Crippen molar-refractivity contribution in [3.8, 4) is 22.9 Å². The number of piperidine rings is 1. The number of hydrogen-bond acceptors (Lipinski definition) is 6. The maximum atomic E-state index is 13.0. The summed E-state index contributed by atoms with van der Waals surface area (Å²) in [6.07, 6.45) is 8.59. The van der Waals surface area contributed by atoms with E-state index < -0.39 is 0 Å². The molecule has 1 aromatic carbocycles. The molecule has 3 aromatic heterocycles. The molecule has 1 aliphatic rings. The number of nitrogens with one attached hydrogen (secondary N) is 1. The van der Waals surface area contributed by atoms with Gasteiger partial charge in [0.2, 0.25) is 5.91 Å². The van der Waals surface area contributed by atoms with E-state index in [1.165, 1.54) is 0 Å². The van der Waals surface area contributed by atoms with Crippen LogP contribution in [0.3, 0.4) is 0 Å². The van der Waals surface area contributed by atoms with Gasteiger partial charge in [-0.05, 0) is 61.6 Å². The lowest BCUT2D eigenvalue weighted by molar-refractivity contribution is -0.120. The molecule has 5 rings (SSSR count). The highest BCUT2D eigenvalue weighted by molar-refractivity contribution is 5.92. The number of ether oxygens (including phenoxy) is 1. The van der Waals surface area contributed by atoms with E-state index in [-0.39, 0.29) is 17.7 Å². The van der Waals surface area contributed by atoms with Crippen LogP contribution < -0.4 is 15.0 Å². The highest BCUT2D eigenvalue weighted by atomic mass is 16.5. The van der Waals surface area contributed by atoms with Crippen LogP contribution in [-0.4, -0.2) is 40.2 Å². The quantitative estimate of drug-likeness (QED) is 0.295. The van der Waals surface area contributed by atoms with Crippen molar-refractivity contribution >= 4 is 22.9 Å². The number of carbonyl (C=O) groups is 1. The molecular weight excluding hydrogens is 488 g/mol. The van der Waals surface area contributed by atoms with Crippen LogP contribution in [0.4, 0.5) is 11.5 Å². The second-order valence-electron chi connectivity index (χ2n) is 9.79. The summed E-state index contributed by atoms with van der Waals surface area (Å²) < 4.78 is 7.40. The maximum Gasteiger partial charge on any atom is 0.227 e. The highest BCUT2D eigenvalue weighted by Gasteiger charge is 2.26. The van der Waals surface area contributed by atoms with Crippen molar-refractivity contribution in [2.24, 2.45) is 5.92 Å². The van der Waals surface area contributed by atoms with Crippen molar-refractivity contribution in [3.63, 3.8) is 0 Å². The van der Waals surface area contributed by atoms with E-state index >= 15 is 0 Å². The zero-order valence-corrected chi connectivity index (χ0v) is 22.3. The molecule has 198 valence electrons. The third-order valence-corrected chi connectivity index (χ3v) is 7.30. The van der Waals surface area contributed by atoms with E-state index in [0.29, 0.717) is 17.9 Å². The standard InChI is InChI=1S/C31H32N6O2/c1-4-21(3)23-7-6-8-26(15-23)35-31(38)22-11-13-36(14-12-22)29-10-9-24(18-33-29)28-16-27(39-5-2)20-37-30(28)25(17-32)19-34-37/h4,6-10,15-16,18-22H,1,5,11-14H2,2-3H3,(H,35,38). The zero-order chi connectivity index (χ0) is 27.4. The number of nitrogens with zero attached hydrogens (tertiary/aromatic N) is 5. The lowest BCUT2D eigenvalue weighted by Crippen LogP contribution is -2.38. The smallest absolute Gasteiger partial charge is 0.227 e. The first-order chi connectivity index (χ1) is 19.0. The predicted octanol–water partition coefficient (Wildman–Crippen LogP) is 5.81. The fraction of sp³-hybridized carbons (Fsp3) is 0.290. The summed E-state index contributed by atoms with van der Waals surface area (Å²) in [5.41, 5.74) is 4.91. The molecule has 0 saturated carbocycles. The number of aromatic nitrogens is 3. The number of pyridine rings is 2. The molecule has 1 N–H and O–H groups in total. The molecule has 0 radical (unpaired) electrons. The van der Waals surface area contributed by atoms with Crippen LogP contribution in [0.25, 0.3) is 16.6 Å². The highest BCUT2D eigenvalue weighted by Crippen LogP contribution is 2.32. The van der Waals surface area contributed by atoms with E-state index in [0.717, 1.165) is 59.6 Å². The van der Waals surface area contributed by atoms with E-state index in [4.69, 9.17) is 9.72 Å². The Bertz CT molecular complexity index is 1530. The van der Waals surface area contributed by atoms with Crippen LogP contribution >= 0.6 is 0 Å². The average Bonchev–Trinajstić information content (AvgIpc) is 3.40. The minimum atomic E-state index is -0.0399. The maximum absolute atomic E-state index is 13.0. The lowest BCUT2D eigenvalue weighted by atomic mass is 9.95. The Hall–Kier alpha value is -4.64. The Morgan fingerprint density at radius 2 is 2.08 bits per heavy atom. The molecule has 1 aliphatic heterocycles. The third-order valence-electron chi connectivity index (χ3n) is 7.30. The topological polar surface area (TPSA) is 95.5 Å². The van der Waals surface area contributed by atoms with Crippen LogP contribution in [-0.2, 0) is 4.79 Å². The number of anilines is 2. The van der Waals surface area contributed by atoms with Crippen molar-refractivity contribution in [2.45, 2.75) is 32.6 Å². The molecule has 1 saturated heterocycles. The minimum Gasteiger partial charge on any atom is -0.492 e. The van der Waals surface area contributed by atoms with E-state index in [1.807, 2.05) is 55.6 Å². The van der Waals surface area contributed by atoms with Gasteiger partial charge < -0.3 is 15.0 Å². The molecule has 0 bridgehead atoms. The summed E-state index contributed by atoms with van der Waals surface area (Å²) in [7, 11) is 0. The first-order valence-corrected chi connectivity index (χ1v) is 13.3. The number of allylic oxidation sites excluding steroid dienone is 1. The molecular formula is C31H32N6O2. The second kappa shape index (κ2) is 11.4. The van der Waals surface area contributed by atoms with Crippen molar-refractivity contribution < 1.29 is 9.53 Å². The molecule has 8 nitrogen and oxygen atoms in total. The zero-order valence-electron chi connectivity index (χ0n) is 22.3. The molecule has 4 heterocycles.